The molecule has 0 unspecified atom stereocenters. The number of hydrogen-bond acceptors (Lipinski definition) is 5. The van der Waals surface area contributed by atoms with Gasteiger partial charge in [0.2, 0.25) is 0 Å². The zero-order valence-electron chi connectivity index (χ0n) is 20.1. The lowest BCUT2D eigenvalue weighted by molar-refractivity contribution is 0.153. The molecule has 2 heterocycles. The highest BCUT2D eigenvalue weighted by atomic mass is 19.2. The Morgan fingerprint density at radius 2 is 1.81 bits per heavy atom. The molecule has 4 rings (SSSR count). The molecule has 10 heteroatoms. The van der Waals surface area contributed by atoms with Crippen molar-refractivity contribution in [2.45, 2.75) is 13.0 Å². The van der Waals surface area contributed by atoms with Crippen molar-refractivity contribution in [2.75, 3.05) is 51.2 Å². The van der Waals surface area contributed by atoms with E-state index >= 15 is 0 Å². The summed E-state index contributed by atoms with van der Waals surface area (Å²) in [5, 5.41) is 14.1. The predicted molar refractivity (Wildman–Crippen MR) is 133 cm³/mol. The van der Waals surface area contributed by atoms with Crippen LogP contribution >= 0.6 is 0 Å². The van der Waals surface area contributed by atoms with Gasteiger partial charge in [-0.2, -0.15) is 5.10 Å². The lowest BCUT2D eigenvalue weighted by Gasteiger charge is -2.32. The lowest BCUT2D eigenvalue weighted by atomic mass is 10.1. The molecule has 0 aliphatic carbocycles. The third-order valence-corrected chi connectivity index (χ3v) is 6.32. The Morgan fingerprint density at radius 1 is 1.03 bits per heavy atom. The molecule has 8 nitrogen and oxygen atoms in total. The van der Waals surface area contributed by atoms with Crippen molar-refractivity contribution in [2.24, 2.45) is 0 Å². The molecule has 1 aliphatic rings. The lowest BCUT2D eigenvalue weighted by Crippen LogP contribution is -2.45. The quantitative estimate of drug-likeness (QED) is 0.514. The van der Waals surface area contributed by atoms with Crippen molar-refractivity contribution in [3.8, 4) is 11.3 Å². The summed E-state index contributed by atoms with van der Waals surface area (Å²) >= 11 is 0. The number of hydrogen-bond donors (Lipinski definition) is 1. The summed E-state index contributed by atoms with van der Waals surface area (Å²) in [4.78, 5) is 30.3. The second-order valence-electron chi connectivity index (χ2n) is 8.95. The second kappa shape index (κ2) is 11.4. The molecule has 0 bridgehead atoms. The molecule has 1 saturated heterocycles. The number of carboxylic acid groups (broad SMARTS) is 1. The maximum Gasteiger partial charge on any atom is 0.411 e. The first-order valence-electron chi connectivity index (χ1n) is 11.8. The fourth-order valence-corrected chi connectivity index (χ4v) is 4.23. The summed E-state index contributed by atoms with van der Waals surface area (Å²) in [7, 11) is 2.10. The summed E-state index contributed by atoms with van der Waals surface area (Å²) in [6.45, 7) is 5.25. The van der Waals surface area contributed by atoms with Crippen molar-refractivity contribution in [1.82, 2.24) is 19.6 Å². The van der Waals surface area contributed by atoms with Gasteiger partial charge in [0.25, 0.3) is 5.56 Å². The zero-order chi connectivity index (χ0) is 25.7. The van der Waals surface area contributed by atoms with Gasteiger partial charge in [0.05, 0.1) is 12.2 Å². The van der Waals surface area contributed by atoms with Gasteiger partial charge >= 0.3 is 6.09 Å². The van der Waals surface area contributed by atoms with E-state index in [1.165, 1.54) is 27.8 Å². The first-order chi connectivity index (χ1) is 17.3. The third kappa shape index (κ3) is 6.32. The Morgan fingerprint density at radius 3 is 2.53 bits per heavy atom. The molecule has 2 aromatic carbocycles. The van der Waals surface area contributed by atoms with Crippen LogP contribution in [0.4, 0.5) is 19.3 Å². The van der Waals surface area contributed by atoms with Gasteiger partial charge in [-0.15, -0.1) is 0 Å². The molecular formula is C26H29F2N5O3. The van der Waals surface area contributed by atoms with Gasteiger partial charge in [-0.1, -0.05) is 12.1 Å². The number of benzene rings is 2. The number of likely N-dealkylation sites (N-methyl/N-ethyl adjacent to an activating group) is 1. The van der Waals surface area contributed by atoms with E-state index in [0.29, 0.717) is 35.5 Å². The monoisotopic (exact) mass is 497 g/mol. The maximum atomic E-state index is 13.7. The standard InChI is InChI=1S/C26H29F2N5O3/c1-30-12-14-31(15-13-30)10-3-11-32(26(35)36)21-5-2-4-19(16-21)18-33-25(34)9-8-24(29-33)20-6-7-22(27)23(28)17-20/h2,4-9,16-17H,3,10-15,18H2,1H3,(H,35,36). The minimum atomic E-state index is -1.04. The van der Waals surface area contributed by atoms with Gasteiger partial charge in [0.15, 0.2) is 11.6 Å². The number of piperazine rings is 1. The molecule has 1 amide bonds. The van der Waals surface area contributed by atoms with Gasteiger partial charge in [0.1, 0.15) is 0 Å². The van der Waals surface area contributed by atoms with E-state index in [0.717, 1.165) is 44.9 Å². The van der Waals surface area contributed by atoms with E-state index in [1.54, 1.807) is 24.3 Å². The largest absolute Gasteiger partial charge is 0.465 e. The first kappa shape index (κ1) is 25.5. The SMILES string of the molecule is CN1CCN(CCCN(C(=O)O)c2cccc(Cn3nc(-c4ccc(F)c(F)c4)ccc3=O)c2)CC1. The van der Waals surface area contributed by atoms with Crippen molar-refractivity contribution in [1.29, 1.82) is 0 Å². The van der Waals surface area contributed by atoms with Crippen molar-refractivity contribution < 1.29 is 18.7 Å². The van der Waals surface area contributed by atoms with E-state index in [-0.39, 0.29) is 12.1 Å². The molecule has 0 atom stereocenters. The van der Waals surface area contributed by atoms with Crippen LogP contribution in [0.1, 0.15) is 12.0 Å². The Labute approximate surface area is 208 Å². The molecule has 1 fully saturated rings. The van der Waals surface area contributed by atoms with Crippen LogP contribution in [0.2, 0.25) is 0 Å². The number of halogens is 2. The van der Waals surface area contributed by atoms with Crippen LogP contribution in [0.3, 0.4) is 0 Å². The Bertz CT molecular complexity index is 1270. The van der Waals surface area contributed by atoms with E-state index in [9.17, 15) is 23.5 Å². The topological polar surface area (TPSA) is 81.9 Å². The molecular weight excluding hydrogens is 468 g/mol. The fourth-order valence-electron chi connectivity index (χ4n) is 4.23. The summed E-state index contributed by atoms with van der Waals surface area (Å²) in [6, 6.07) is 13.2. The zero-order valence-corrected chi connectivity index (χ0v) is 20.1. The Hall–Kier alpha value is -3.63. The van der Waals surface area contributed by atoms with Gasteiger partial charge in [-0.3, -0.25) is 9.69 Å². The molecule has 0 radical (unpaired) electrons. The van der Waals surface area contributed by atoms with Gasteiger partial charge < -0.3 is 14.9 Å². The van der Waals surface area contributed by atoms with Crippen molar-refractivity contribution in [3.05, 3.63) is 82.1 Å². The van der Waals surface area contributed by atoms with Gasteiger partial charge in [-0.05, 0) is 62.0 Å². The first-order valence-corrected chi connectivity index (χ1v) is 11.8. The molecule has 190 valence electrons. The number of anilines is 1. The number of rotatable bonds is 8. The Kier molecular flexibility index (Phi) is 8.07. The van der Waals surface area contributed by atoms with E-state index in [1.807, 2.05) is 0 Å². The smallest absolute Gasteiger partial charge is 0.411 e. The second-order valence-corrected chi connectivity index (χ2v) is 8.95. The molecule has 3 aromatic rings. The summed E-state index contributed by atoms with van der Waals surface area (Å²) in [5.41, 5.74) is 1.50. The number of carbonyl (C=O) groups is 1. The van der Waals surface area contributed by atoms with Crippen LogP contribution in [0.15, 0.2) is 59.4 Å². The molecule has 0 saturated carbocycles. The molecule has 1 aliphatic heterocycles. The van der Waals surface area contributed by atoms with E-state index in [2.05, 4.69) is 21.9 Å². The predicted octanol–water partition coefficient (Wildman–Crippen LogP) is 3.36. The van der Waals surface area contributed by atoms with E-state index in [4.69, 9.17) is 0 Å². The van der Waals surface area contributed by atoms with Crippen LogP contribution in [-0.4, -0.2) is 77.1 Å². The average Bonchev–Trinajstić information content (AvgIpc) is 2.86. The fraction of sp³-hybridized carbons (Fsp3) is 0.346. The van der Waals surface area contributed by atoms with Crippen LogP contribution < -0.4 is 10.5 Å². The maximum absolute atomic E-state index is 13.7. The Balaban J connectivity index is 1.47. The van der Waals surface area contributed by atoms with Crippen LogP contribution in [-0.2, 0) is 6.54 Å². The highest BCUT2D eigenvalue weighted by Crippen LogP contribution is 2.20. The highest BCUT2D eigenvalue weighted by Gasteiger charge is 2.17. The summed E-state index contributed by atoms with van der Waals surface area (Å²) < 4.78 is 28.2. The summed E-state index contributed by atoms with van der Waals surface area (Å²) in [5.74, 6) is -1.96. The van der Waals surface area contributed by atoms with Crippen molar-refractivity contribution >= 4 is 11.8 Å². The van der Waals surface area contributed by atoms with Crippen LogP contribution in [0, 0.1) is 11.6 Å². The molecule has 36 heavy (non-hydrogen) atoms. The van der Waals surface area contributed by atoms with E-state index < -0.39 is 17.7 Å². The van der Waals surface area contributed by atoms with Gasteiger partial charge in [0, 0.05) is 50.0 Å². The van der Waals surface area contributed by atoms with Crippen molar-refractivity contribution in [3.63, 3.8) is 0 Å². The van der Waals surface area contributed by atoms with Gasteiger partial charge in [-0.25, -0.2) is 18.3 Å². The number of nitrogens with zero attached hydrogens (tertiary/aromatic N) is 5. The average molecular weight is 498 g/mol. The highest BCUT2D eigenvalue weighted by molar-refractivity contribution is 5.86. The number of aromatic nitrogens is 2. The molecule has 1 aromatic heterocycles. The minimum absolute atomic E-state index is 0.0962. The molecule has 0 spiro atoms. The molecule has 1 N–H and O–H groups in total. The van der Waals surface area contributed by atoms with Crippen LogP contribution in [0.5, 0.6) is 0 Å². The number of amides is 1. The minimum Gasteiger partial charge on any atom is -0.465 e. The third-order valence-electron chi connectivity index (χ3n) is 6.32. The normalized spacial score (nSPS) is 14.6. The van der Waals surface area contributed by atoms with Crippen LogP contribution in [0.25, 0.3) is 11.3 Å². The summed E-state index contributed by atoms with van der Waals surface area (Å²) in [6.07, 6.45) is -0.335.